The number of hydrogen-bond acceptors (Lipinski definition) is 6. The third kappa shape index (κ3) is 6.50. The molecule has 1 heterocycles. The molecule has 2 fully saturated rings. The molecule has 2 aliphatic rings. The Kier molecular flexibility index (Phi) is 8.33. The minimum atomic E-state index is -0.500. The van der Waals surface area contributed by atoms with Gasteiger partial charge in [0.2, 0.25) is 0 Å². The average Bonchev–Trinajstić information content (AvgIpc) is 2.91. The van der Waals surface area contributed by atoms with E-state index in [0.29, 0.717) is 29.6 Å². The number of rotatable bonds is 9. The SMILES string of the molecule is C/C=C/C(=O)NN(C)C(Nc1ccc(F)c(Cl)c1)c1ccc2nc(OCC3CC4(CCCCC4)C3)ncc2c1. The minimum absolute atomic E-state index is 0.00890. The molecule has 2 saturated carbocycles. The van der Waals surface area contributed by atoms with Gasteiger partial charge in [0, 0.05) is 24.3 Å². The third-order valence-electron chi connectivity index (χ3n) is 7.92. The molecule has 0 aliphatic heterocycles. The molecule has 2 aliphatic carbocycles. The van der Waals surface area contributed by atoms with Crippen molar-refractivity contribution in [1.82, 2.24) is 20.4 Å². The van der Waals surface area contributed by atoms with Gasteiger partial charge in [0.05, 0.1) is 17.1 Å². The van der Waals surface area contributed by atoms with Crippen molar-refractivity contribution in [2.75, 3.05) is 19.0 Å². The van der Waals surface area contributed by atoms with Gasteiger partial charge < -0.3 is 10.1 Å². The van der Waals surface area contributed by atoms with Crippen LogP contribution in [0, 0.1) is 17.2 Å². The van der Waals surface area contributed by atoms with Crippen LogP contribution in [-0.2, 0) is 4.79 Å². The minimum Gasteiger partial charge on any atom is -0.463 e. The fourth-order valence-corrected chi connectivity index (χ4v) is 6.21. The second-order valence-corrected chi connectivity index (χ2v) is 11.3. The molecule has 7 nitrogen and oxygen atoms in total. The van der Waals surface area contributed by atoms with Crippen molar-refractivity contribution in [2.24, 2.45) is 11.3 Å². The Morgan fingerprint density at radius 1 is 1.23 bits per heavy atom. The Morgan fingerprint density at radius 2 is 2.03 bits per heavy atom. The number of carbonyl (C=O) groups is 1. The van der Waals surface area contributed by atoms with E-state index in [9.17, 15) is 9.18 Å². The zero-order valence-corrected chi connectivity index (χ0v) is 23.2. The maximum Gasteiger partial charge on any atom is 0.316 e. The number of anilines is 1. The Bertz CT molecular complexity index is 1350. The van der Waals surface area contributed by atoms with E-state index in [1.807, 2.05) is 18.2 Å². The summed E-state index contributed by atoms with van der Waals surface area (Å²) in [6, 6.07) is 10.6. The molecule has 3 aromatic rings. The van der Waals surface area contributed by atoms with E-state index in [0.717, 1.165) is 16.5 Å². The van der Waals surface area contributed by atoms with Crippen LogP contribution in [0.4, 0.5) is 10.1 Å². The van der Waals surface area contributed by atoms with Crippen LogP contribution in [0.15, 0.2) is 54.7 Å². The molecule has 2 aromatic carbocycles. The van der Waals surface area contributed by atoms with Crippen LogP contribution in [0.5, 0.6) is 6.01 Å². The number of ether oxygens (including phenoxy) is 1. The average molecular weight is 552 g/mol. The first-order valence-electron chi connectivity index (χ1n) is 13.6. The van der Waals surface area contributed by atoms with Crippen LogP contribution in [0.25, 0.3) is 10.9 Å². The van der Waals surface area contributed by atoms with Gasteiger partial charge in [-0.2, -0.15) is 9.99 Å². The summed E-state index contributed by atoms with van der Waals surface area (Å²) < 4.78 is 19.7. The van der Waals surface area contributed by atoms with Crippen molar-refractivity contribution in [1.29, 1.82) is 0 Å². The lowest BCUT2D eigenvalue weighted by Gasteiger charge is -2.50. The Balaban J connectivity index is 1.30. The zero-order chi connectivity index (χ0) is 27.4. The highest BCUT2D eigenvalue weighted by molar-refractivity contribution is 6.31. The Morgan fingerprint density at radius 3 is 2.77 bits per heavy atom. The second-order valence-electron chi connectivity index (χ2n) is 10.9. The first-order valence-corrected chi connectivity index (χ1v) is 14.0. The molecular weight excluding hydrogens is 517 g/mol. The lowest BCUT2D eigenvalue weighted by molar-refractivity contribution is -0.121. The molecule has 1 amide bonds. The quantitative estimate of drug-likeness (QED) is 0.173. The van der Waals surface area contributed by atoms with Gasteiger partial charge in [0.15, 0.2) is 0 Å². The zero-order valence-electron chi connectivity index (χ0n) is 22.4. The summed E-state index contributed by atoms with van der Waals surface area (Å²) in [5, 5.41) is 5.82. The van der Waals surface area contributed by atoms with Crippen molar-refractivity contribution in [3.8, 4) is 6.01 Å². The van der Waals surface area contributed by atoms with Crippen molar-refractivity contribution in [3.63, 3.8) is 0 Å². The number of aromatic nitrogens is 2. The summed E-state index contributed by atoms with van der Waals surface area (Å²) in [5.41, 5.74) is 5.62. The Labute approximate surface area is 233 Å². The van der Waals surface area contributed by atoms with Crippen LogP contribution in [0.2, 0.25) is 5.02 Å². The summed E-state index contributed by atoms with van der Waals surface area (Å²) >= 11 is 6.00. The van der Waals surface area contributed by atoms with Crippen molar-refractivity contribution in [3.05, 3.63) is 71.2 Å². The van der Waals surface area contributed by atoms with Crippen LogP contribution in [0.3, 0.4) is 0 Å². The summed E-state index contributed by atoms with van der Waals surface area (Å²) in [6.45, 7) is 2.44. The molecular formula is C30H35ClFN5O2. The maximum atomic E-state index is 13.7. The number of hydrogen-bond donors (Lipinski definition) is 2. The smallest absolute Gasteiger partial charge is 0.316 e. The molecule has 9 heteroatoms. The number of allylic oxidation sites excluding steroid dienone is 1. The van der Waals surface area contributed by atoms with Crippen molar-refractivity contribution in [2.45, 2.75) is 58.0 Å². The molecule has 39 heavy (non-hydrogen) atoms. The third-order valence-corrected chi connectivity index (χ3v) is 8.21. The maximum absolute atomic E-state index is 13.7. The van der Waals surface area contributed by atoms with Crippen LogP contribution in [-0.4, -0.2) is 34.5 Å². The van der Waals surface area contributed by atoms with E-state index >= 15 is 0 Å². The molecule has 1 spiro atoms. The number of nitrogens with zero attached hydrogens (tertiary/aromatic N) is 3. The normalized spacial score (nSPS) is 17.9. The van der Waals surface area contributed by atoms with Gasteiger partial charge in [-0.3, -0.25) is 10.2 Å². The Hall–Kier alpha value is -3.23. The van der Waals surface area contributed by atoms with Crippen LogP contribution in [0.1, 0.15) is 63.6 Å². The summed E-state index contributed by atoms with van der Waals surface area (Å²) in [4.78, 5) is 21.3. The van der Waals surface area contributed by atoms with Crippen LogP contribution < -0.4 is 15.5 Å². The molecule has 206 valence electrons. The van der Waals surface area contributed by atoms with E-state index in [-0.39, 0.29) is 10.9 Å². The highest BCUT2D eigenvalue weighted by atomic mass is 35.5. The highest BCUT2D eigenvalue weighted by Gasteiger charge is 2.44. The number of amides is 1. The van der Waals surface area contributed by atoms with Crippen molar-refractivity contribution < 1.29 is 13.9 Å². The number of fused-ring (bicyclic) bond motifs is 1. The molecule has 1 aromatic heterocycles. The molecule has 2 N–H and O–H groups in total. The van der Waals surface area contributed by atoms with Gasteiger partial charge in [-0.25, -0.2) is 9.37 Å². The molecule has 1 unspecified atom stereocenters. The van der Waals surface area contributed by atoms with Crippen molar-refractivity contribution >= 4 is 34.1 Å². The monoisotopic (exact) mass is 551 g/mol. The predicted molar refractivity (Wildman–Crippen MR) is 152 cm³/mol. The number of carbonyl (C=O) groups excluding carboxylic acids is 1. The van der Waals surface area contributed by atoms with E-state index in [2.05, 4.69) is 20.7 Å². The van der Waals surface area contributed by atoms with Gasteiger partial charge in [-0.1, -0.05) is 43.0 Å². The molecule has 0 bridgehead atoms. The number of nitrogens with one attached hydrogen (secondary N) is 2. The number of benzene rings is 2. The lowest BCUT2D eigenvalue weighted by Crippen LogP contribution is -2.43. The fourth-order valence-electron chi connectivity index (χ4n) is 6.03. The number of halogens is 2. The number of hydrazine groups is 1. The van der Waals surface area contributed by atoms with Gasteiger partial charge in [-0.15, -0.1) is 0 Å². The largest absolute Gasteiger partial charge is 0.463 e. The highest BCUT2D eigenvalue weighted by Crippen LogP contribution is 2.54. The van der Waals surface area contributed by atoms with Gasteiger partial charge in [0.1, 0.15) is 12.0 Å². The van der Waals surface area contributed by atoms with E-state index in [4.69, 9.17) is 16.3 Å². The van der Waals surface area contributed by atoms with Gasteiger partial charge in [-0.05, 0) is 85.9 Å². The van der Waals surface area contributed by atoms with E-state index in [1.165, 1.54) is 63.2 Å². The summed E-state index contributed by atoms with van der Waals surface area (Å²) in [5.74, 6) is -0.180. The van der Waals surface area contributed by atoms with E-state index in [1.54, 1.807) is 37.3 Å². The topological polar surface area (TPSA) is 79.4 Å². The first-order chi connectivity index (χ1) is 18.8. The molecule has 0 saturated heterocycles. The standard InChI is InChI=1S/C30H35ClFN5O2/c1-3-7-27(38)36-37(2)28(34-23-9-10-25(32)24(31)15-23)21-8-11-26-22(14-21)18-33-29(35-26)39-19-20-16-30(17-20)12-5-4-6-13-30/h3,7-11,14-15,18,20,28,34H,4-6,12-13,16-17,19H2,1-2H3,(H,36,38)/b7-3+. The molecule has 5 rings (SSSR count). The molecule has 0 radical (unpaired) electrons. The summed E-state index contributed by atoms with van der Waals surface area (Å²) in [6.07, 6.45) is 13.8. The van der Waals surface area contributed by atoms with E-state index < -0.39 is 12.0 Å². The second kappa shape index (κ2) is 11.9. The summed E-state index contributed by atoms with van der Waals surface area (Å²) in [7, 11) is 1.75. The van der Waals surface area contributed by atoms with Gasteiger partial charge >= 0.3 is 6.01 Å². The lowest BCUT2D eigenvalue weighted by atomic mass is 9.56. The first kappa shape index (κ1) is 27.3. The predicted octanol–water partition coefficient (Wildman–Crippen LogP) is 6.81. The fraction of sp³-hybridized carbons (Fsp3) is 0.433. The van der Waals surface area contributed by atoms with Gasteiger partial charge in [0.25, 0.3) is 5.91 Å². The molecule has 1 atom stereocenters. The van der Waals surface area contributed by atoms with Crippen LogP contribution >= 0.6 is 11.6 Å².